The molecule has 0 unspecified atom stereocenters. The summed E-state index contributed by atoms with van der Waals surface area (Å²) in [6, 6.07) is 3.86. The quantitative estimate of drug-likeness (QED) is 0.898. The van der Waals surface area contributed by atoms with E-state index in [9.17, 15) is 4.79 Å². The molecule has 1 aliphatic heterocycles. The van der Waals surface area contributed by atoms with Gasteiger partial charge in [-0.1, -0.05) is 6.92 Å². The van der Waals surface area contributed by atoms with Crippen molar-refractivity contribution in [3.8, 4) is 0 Å². The van der Waals surface area contributed by atoms with Crippen molar-refractivity contribution in [1.29, 1.82) is 0 Å². The largest absolute Gasteiger partial charge is 0.380 e. The average molecular weight is 352 g/mol. The molecule has 0 aliphatic carbocycles. The smallest absolute Gasteiger partial charge is 0.226 e. The Morgan fingerprint density at radius 1 is 1.52 bits per heavy atom. The van der Waals surface area contributed by atoms with Crippen LogP contribution in [-0.2, 0) is 16.0 Å². The molecule has 1 fully saturated rings. The third-order valence-electron chi connectivity index (χ3n) is 4.11. The molecule has 21 heavy (non-hydrogen) atoms. The summed E-state index contributed by atoms with van der Waals surface area (Å²) in [6.45, 7) is 4.30. The fourth-order valence-corrected chi connectivity index (χ4v) is 2.81. The highest BCUT2D eigenvalue weighted by molar-refractivity contribution is 9.10. The van der Waals surface area contributed by atoms with Gasteiger partial charge in [-0.2, -0.15) is 0 Å². The molecule has 3 heterocycles. The molecule has 1 saturated heterocycles. The van der Waals surface area contributed by atoms with Gasteiger partial charge in [-0.05, 0) is 34.5 Å². The normalized spacial score (nSPS) is 16.7. The van der Waals surface area contributed by atoms with Crippen LogP contribution in [0.2, 0.25) is 0 Å². The Bertz CT molecular complexity index is 658. The maximum Gasteiger partial charge on any atom is 0.226 e. The van der Waals surface area contributed by atoms with Crippen LogP contribution in [0, 0.1) is 5.41 Å². The summed E-state index contributed by atoms with van der Waals surface area (Å²) in [5.74, 6) is 0.0245. The molecule has 112 valence electrons. The summed E-state index contributed by atoms with van der Waals surface area (Å²) in [7, 11) is 0. The first-order valence-corrected chi connectivity index (χ1v) is 7.87. The molecule has 0 aromatic carbocycles. The molecule has 1 N–H and O–H groups in total. The summed E-state index contributed by atoms with van der Waals surface area (Å²) in [5.41, 5.74) is 1.87. The number of nitrogens with one attached hydrogen (secondary N) is 1. The number of rotatable bonds is 5. The Hall–Kier alpha value is -1.40. The highest BCUT2D eigenvalue weighted by atomic mass is 79.9. The standard InChI is InChI=1S/C15H18BrN3O2/c1-2-15(9-21-10-15)8-18-14(20)5-12-6-17-13-4-3-11(16)7-19(12)13/h3-4,6-7H,2,5,8-10H2,1H3,(H,18,20). The first-order chi connectivity index (χ1) is 10.1. The van der Waals surface area contributed by atoms with Gasteiger partial charge in [0.05, 0.1) is 25.3 Å². The molecule has 2 aromatic rings. The van der Waals surface area contributed by atoms with Gasteiger partial charge in [0.25, 0.3) is 0 Å². The number of nitrogens with zero attached hydrogens (tertiary/aromatic N) is 2. The van der Waals surface area contributed by atoms with Crippen molar-refractivity contribution in [3.05, 3.63) is 34.7 Å². The summed E-state index contributed by atoms with van der Waals surface area (Å²) in [4.78, 5) is 16.4. The van der Waals surface area contributed by atoms with Crippen LogP contribution in [0.4, 0.5) is 0 Å². The maximum absolute atomic E-state index is 12.1. The van der Waals surface area contributed by atoms with E-state index in [1.807, 2.05) is 22.7 Å². The number of fused-ring (bicyclic) bond motifs is 1. The van der Waals surface area contributed by atoms with Gasteiger partial charge in [0, 0.05) is 28.8 Å². The molecular weight excluding hydrogens is 334 g/mol. The second-order valence-electron chi connectivity index (χ2n) is 5.62. The fraction of sp³-hybridized carbons (Fsp3) is 0.467. The van der Waals surface area contributed by atoms with Crippen LogP contribution in [0.15, 0.2) is 29.0 Å². The monoisotopic (exact) mass is 351 g/mol. The molecule has 0 saturated carbocycles. The van der Waals surface area contributed by atoms with Gasteiger partial charge in [-0.25, -0.2) is 4.98 Å². The lowest BCUT2D eigenvalue weighted by Crippen LogP contribution is -2.50. The second kappa shape index (κ2) is 5.77. The minimum atomic E-state index is 0.0245. The lowest BCUT2D eigenvalue weighted by molar-refractivity contribution is -0.129. The third kappa shape index (κ3) is 2.96. The predicted molar refractivity (Wildman–Crippen MR) is 83.1 cm³/mol. The maximum atomic E-state index is 12.1. The first-order valence-electron chi connectivity index (χ1n) is 7.08. The predicted octanol–water partition coefficient (Wildman–Crippen LogP) is 2.18. The van der Waals surface area contributed by atoms with Crippen LogP contribution in [0.3, 0.4) is 0 Å². The van der Waals surface area contributed by atoms with Crippen LogP contribution in [0.25, 0.3) is 5.65 Å². The molecule has 0 bridgehead atoms. The molecule has 1 aliphatic rings. The summed E-state index contributed by atoms with van der Waals surface area (Å²) in [5, 5.41) is 3.02. The van der Waals surface area contributed by atoms with E-state index in [1.165, 1.54) is 0 Å². The highest BCUT2D eigenvalue weighted by Crippen LogP contribution is 2.30. The highest BCUT2D eigenvalue weighted by Gasteiger charge is 2.36. The minimum absolute atomic E-state index is 0.0245. The Morgan fingerprint density at radius 3 is 3.00 bits per heavy atom. The van der Waals surface area contributed by atoms with Crippen molar-refractivity contribution in [2.45, 2.75) is 19.8 Å². The Morgan fingerprint density at radius 2 is 2.33 bits per heavy atom. The Labute approximate surface area is 131 Å². The molecule has 1 amide bonds. The van der Waals surface area contributed by atoms with Crippen LogP contribution in [0.1, 0.15) is 19.0 Å². The van der Waals surface area contributed by atoms with Crippen molar-refractivity contribution in [2.24, 2.45) is 5.41 Å². The van der Waals surface area contributed by atoms with Crippen molar-refractivity contribution in [1.82, 2.24) is 14.7 Å². The number of imidazole rings is 1. The zero-order valence-corrected chi connectivity index (χ0v) is 13.5. The second-order valence-corrected chi connectivity index (χ2v) is 6.54. The van der Waals surface area contributed by atoms with Crippen LogP contribution < -0.4 is 5.32 Å². The topological polar surface area (TPSA) is 55.6 Å². The van der Waals surface area contributed by atoms with Gasteiger partial charge < -0.3 is 14.5 Å². The van der Waals surface area contributed by atoms with E-state index in [-0.39, 0.29) is 11.3 Å². The van der Waals surface area contributed by atoms with Gasteiger partial charge in [-0.3, -0.25) is 4.79 Å². The summed E-state index contributed by atoms with van der Waals surface area (Å²) in [6.07, 6.45) is 5.04. The van der Waals surface area contributed by atoms with Crippen LogP contribution >= 0.6 is 15.9 Å². The Kier molecular flexibility index (Phi) is 3.99. The molecule has 6 heteroatoms. The number of pyridine rings is 1. The van der Waals surface area contributed by atoms with E-state index in [0.29, 0.717) is 13.0 Å². The lowest BCUT2D eigenvalue weighted by atomic mass is 9.83. The summed E-state index contributed by atoms with van der Waals surface area (Å²) >= 11 is 3.44. The van der Waals surface area contributed by atoms with E-state index < -0.39 is 0 Å². The number of carbonyl (C=O) groups is 1. The fourth-order valence-electron chi connectivity index (χ4n) is 2.47. The van der Waals surface area contributed by atoms with Crippen LogP contribution in [0.5, 0.6) is 0 Å². The molecular formula is C15H18BrN3O2. The van der Waals surface area contributed by atoms with E-state index >= 15 is 0 Å². The van der Waals surface area contributed by atoms with E-state index in [4.69, 9.17) is 4.74 Å². The molecule has 2 aromatic heterocycles. The SMILES string of the molecule is CCC1(CNC(=O)Cc2cnc3ccc(Br)cn23)COC1. The Balaban J connectivity index is 1.65. The lowest BCUT2D eigenvalue weighted by Gasteiger charge is -2.40. The number of hydrogen-bond donors (Lipinski definition) is 1. The number of amides is 1. The van der Waals surface area contributed by atoms with Gasteiger partial charge in [0.2, 0.25) is 5.91 Å². The molecule has 5 nitrogen and oxygen atoms in total. The summed E-state index contributed by atoms with van der Waals surface area (Å²) < 4.78 is 8.17. The molecule has 0 radical (unpaired) electrons. The van der Waals surface area contributed by atoms with E-state index in [2.05, 4.69) is 33.2 Å². The zero-order chi connectivity index (χ0) is 14.9. The molecule has 3 rings (SSSR count). The van der Waals surface area contributed by atoms with Gasteiger partial charge in [0.15, 0.2) is 0 Å². The van der Waals surface area contributed by atoms with Crippen molar-refractivity contribution < 1.29 is 9.53 Å². The van der Waals surface area contributed by atoms with Crippen molar-refractivity contribution >= 4 is 27.5 Å². The first kappa shape index (κ1) is 14.5. The van der Waals surface area contributed by atoms with Crippen LogP contribution in [-0.4, -0.2) is 35.1 Å². The number of carbonyl (C=O) groups excluding carboxylic acids is 1. The molecule has 0 atom stereocenters. The average Bonchev–Trinajstić information content (AvgIpc) is 2.80. The van der Waals surface area contributed by atoms with Gasteiger partial charge >= 0.3 is 0 Å². The van der Waals surface area contributed by atoms with Gasteiger partial charge in [-0.15, -0.1) is 0 Å². The number of halogens is 1. The van der Waals surface area contributed by atoms with Crippen molar-refractivity contribution in [3.63, 3.8) is 0 Å². The number of ether oxygens (including phenoxy) is 1. The number of hydrogen-bond acceptors (Lipinski definition) is 3. The number of aromatic nitrogens is 2. The van der Waals surface area contributed by atoms with E-state index in [0.717, 1.165) is 35.4 Å². The zero-order valence-electron chi connectivity index (χ0n) is 11.9. The third-order valence-corrected chi connectivity index (χ3v) is 4.58. The van der Waals surface area contributed by atoms with Crippen molar-refractivity contribution in [2.75, 3.05) is 19.8 Å². The molecule has 0 spiro atoms. The van der Waals surface area contributed by atoms with Gasteiger partial charge in [0.1, 0.15) is 5.65 Å². The van der Waals surface area contributed by atoms with E-state index in [1.54, 1.807) is 6.20 Å². The minimum Gasteiger partial charge on any atom is -0.380 e.